The number of hydrogen-bond donors (Lipinski definition) is 3. The molecule has 0 unspecified atom stereocenters. The van der Waals surface area contributed by atoms with Crippen molar-refractivity contribution in [1.29, 1.82) is 0 Å². The Morgan fingerprint density at radius 1 is 1.15 bits per heavy atom. The van der Waals surface area contributed by atoms with Gasteiger partial charge in [-0.2, -0.15) is 18.3 Å². The highest BCUT2D eigenvalue weighted by molar-refractivity contribution is 7.89. The Balaban J connectivity index is 1.79. The monoisotopic (exact) mass is 516 g/mol. The quantitative estimate of drug-likeness (QED) is 0.345. The lowest BCUT2D eigenvalue weighted by Crippen LogP contribution is -2.24. The van der Waals surface area contributed by atoms with Crippen molar-refractivity contribution in [3.05, 3.63) is 65.4 Å². The first-order chi connectivity index (χ1) is 15.8. The number of anilines is 2. The summed E-state index contributed by atoms with van der Waals surface area (Å²) in [5.74, 6) is -1.24. The van der Waals surface area contributed by atoms with Gasteiger partial charge in [0.15, 0.2) is 11.4 Å². The minimum absolute atomic E-state index is 0.0547. The Hall–Kier alpha value is -3.78. The molecule has 180 valence electrons. The summed E-state index contributed by atoms with van der Waals surface area (Å²) < 4.78 is 72.1. The number of guanidine groups is 1. The molecular weight excluding hydrogens is 501 g/mol. The number of nitrogens with two attached hydrogens (primary N) is 1. The lowest BCUT2D eigenvalue weighted by Gasteiger charge is -2.13. The van der Waals surface area contributed by atoms with Gasteiger partial charge in [0.05, 0.1) is 18.1 Å². The van der Waals surface area contributed by atoms with E-state index in [1.54, 1.807) is 0 Å². The molecule has 4 N–H and O–H groups in total. The summed E-state index contributed by atoms with van der Waals surface area (Å²) in [6.45, 7) is 0. The Kier molecular flexibility index (Phi) is 7.02. The van der Waals surface area contributed by atoms with E-state index < -0.39 is 39.7 Å². The van der Waals surface area contributed by atoms with Crippen molar-refractivity contribution in [2.24, 2.45) is 10.1 Å². The minimum atomic E-state index is -4.90. The average Bonchev–Trinajstić information content (AvgIpc) is 3.11. The average molecular weight is 517 g/mol. The van der Waals surface area contributed by atoms with Crippen molar-refractivity contribution < 1.29 is 31.1 Å². The molecule has 1 amide bonds. The van der Waals surface area contributed by atoms with E-state index in [2.05, 4.69) is 20.1 Å². The van der Waals surface area contributed by atoms with Crippen LogP contribution in [-0.2, 0) is 16.2 Å². The number of alkyl halides is 3. The summed E-state index contributed by atoms with van der Waals surface area (Å²) in [5.41, 5.74) is 4.60. The SMILES string of the molecule is CS(=O)(=O)N=C(N)Nc1cccc(NC(=O)Oc2cnn(-c3ccc(Cl)cc3)c2C(F)(F)F)c1. The van der Waals surface area contributed by atoms with Crippen molar-refractivity contribution in [1.82, 2.24) is 9.78 Å². The third-order valence-electron chi connectivity index (χ3n) is 3.92. The molecule has 0 spiro atoms. The van der Waals surface area contributed by atoms with Gasteiger partial charge in [-0.15, -0.1) is 4.40 Å². The Morgan fingerprint density at radius 2 is 1.76 bits per heavy atom. The molecule has 0 fully saturated rings. The molecule has 0 aliphatic heterocycles. The smallest absolute Gasteiger partial charge is 0.406 e. The molecule has 0 saturated carbocycles. The maximum absolute atomic E-state index is 13.7. The van der Waals surface area contributed by atoms with E-state index in [1.165, 1.54) is 48.5 Å². The molecule has 10 nitrogen and oxygen atoms in total. The third kappa shape index (κ3) is 6.62. The van der Waals surface area contributed by atoms with Gasteiger partial charge in [-0.3, -0.25) is 5.32 Å². The topological polar surface area (TPSA) is 141 Å². The molecule has 3 rings (SSSR count). The van der Waals surface area contributed by atoms with E-state index in [-0.39, 0.29) is 17.1 Å². The molecule has 15 heteroatoms. The van der Waals surface area contributed by atoms with Gasteiger partial charge >= 0.3 is 12.3 Å². The zero-order valence-electron chi connectivity index (χ0n) is 17.2. The number of carbonyl (C=O) groups excluding carboxylic acids is 1. The van der Waals surface area contributed by atoms with Crippen molar-refractivity contribution in [3.8, 4) is 11.4 Å². The number of aromatic nitrogens is 2. The molecule has 1 aromatic heterocycles. The number of ether oxygens (including phenoxy) is 1. The Bertz CT molecular complexity index is 1340. The number of rotatable bonds is 5. The largest absolute Gasteiger partial charge is 0.437 e. The van der Waals surface area contributed by atoms with Crippen molar-refractivity contribution in [2.45, 2.75) is 6.18 Å². The first-order valence-electron chi connectivity index (χ1n) is 9.14. The summed E-state index contributed by atoms with van der Waals surface area (Å²) in [6, 6.07) is 11.1. The number of carbonyl (C=O) groups is 1. The molecule has 3 aromatic rings. The second-order valence-corrected chi connectivity index (χ2v) is 8.76. The summed E-state index contributed by atoms with van der Waals surface area (Å²) in [4.78, 5) is 12.3. The number of amides is 1. The van der Waals surface area contributed by atoms with E-state index in [4.69, 9.17) is 22.1 Å². The maximum atomic E-state index is 13.7. The van der Waals surface area contributed by atoms with Gasteiger partial charge in [-0.05, 0) is 42.5 Å². The van der Waals surface area contributed by atoms with Crippen LogP contribution in [0.25, 0.3) is 5.69 Å². The fraction of sp³-hybridized carbons (Fsp3) is 0.105. The van der Waals surface area contributed by atoms with E-state index in [9.17, 15) is 26.4 Å². The number of nitrogens with one attached hydrogen (secondary N) is 2. The standard InChI is InChI=1S/C19H16ClF3N6O4S/c1-34(31,32)28-17(24)26-12-3-2-4-13(9-12)27-18(30)33-15-10-25-29(16(15)19(21,22)23)14-7-5-11(20)6-8-14/h2-10H,1H3,(H,27,30)(H3,24,26,28). The highest BCUT2D eigenvalue weighted by Gasteiger charge is 2.40. The second-order valence-electron chi connectivity index (χ2n) is 6.67. The van der Waals surface area contributed by atoms with E-state index in [0.29, 0.717) is 9.70 Å². The van der Waals surface area contributed by atoms with Gasteiger partial charge in [0.2, 0.25) is 5.96 Å². The van der Waals surface area contributed by atoms with Gasteiger partial charge in [0.25, 0.3) is 10.0 Å². The zero-order valence-corrected chi connectivity index (χ0v) is 18.7. The van der Waals surface area contributed by atoms with Crippen LogP contribution >= 0.6 is 11.6 Å². The van der Waals surface area contributed by atoms with Crippen LogP contribution < -0.4 is 21.1 Å². The number of benzene rings is 2. The molecule has 0 bridgehead atoms. The predicted octanol–water partition coefficient (Wildman–Crippen LogP) is 3.84. The van der Waals surface area contributed by atoms with Crippen molar-refractivity contribution >= 4 is 45.1 Å². The fourth-order valence-electron chi connectivity index (χ4n) is 2.71. The van der Waals surface area contributed by atoms with Crippen LogP contribution in [0.4, 0.5) is 29.3 Å². The number of halogens is 4. The lowest BCUT2D eigenvalue weighted by molar-refractivity contribution is -0.143. The molecule has 0 aliphatic carbocycles. The van der Waals surface area contributed by atoms with Gasteiger partial charge in [0.1, 0.15) is 0 Å². The molecule has 0 saturated heterocycles. The molecule has 0 radical (unpaired) electrons. The van der Waals surface area contributed by atoms with Crippen LogP contribution in [0, 0.1) is 0 Å². The molecular formula is C19H16ClF3N6O4S. The van der Waals surface area contributed by atoms with E-state index >= 15 is 0 Å². The summed E-state index contributed by atoms with van der Waals surface area (Å²) >= 11 is 5.77. The fourth-order valence-corrected chi connectivity index (χ4v) is 3.24. The first kappa shape index (κ1) is 24.9. The number of nitrogens with zero attached hydrogens (tertiary/aromatic N) is 3. The first-order valence-corrected chi connectivity index (χ1v) is 11.4. The van der Waals surface area contributed by atoms with Crippen LogP contribution in [0.3, 0.4) is 0 Å². The molecule has 0 aliphatic rings. The molecule has 1 heterocycles. The highest BCUT2D eigenvalue weighted by Crippen LogP contribution is 2.38. The minimum Gasteiger partial charge on any atom is -0.406 e. The van der Waals surface area contributed by atoms with Crippen LogP contribution in [0.1, 0.15) is 5.69 Å². The summed E-state index contributed by atoms with van der Waals surface area (Å²) in [6.07, 6.45) is -4.51. The predicted molar refractivity (Wildman–Crippen MR) is 120 cm³/mol. The zero-order chi connectivity index (χ0) is 25.1. The van der Waals surface area contributed by atoms with Crippen LogP contribution in [0.2, 0.25) is 5.02 Å². The van der Waals surface area contributed by atoms with Gasteiger partial charge in [-0.1, -0.05) is 17.7 Å². The number of hydrogen-bond acceptors (Lipinski definition) is 5. The summed E-state index contributed by atoms with van der Waals surface area (Å²) in [5, 5.41) is 8.77. The second kappa shape index (κ2) is 9.61. The Morgan fingerprint density at radius 3 is 2.35 bits per heavy atom. The van der Waals surface area contributed by atoms with E-state index in [0.717, 1.165) is 12.5 Å². The van der Waals surface area contributed by atoms with Crippen LogP contribution in [0.5, 0.6) is 5.75 Å². The van der Waals surface area contributed by atoms with Crippen molar-refractivity contribution in [2.75, 3.05) is 16.9 Å². The molecule has 2 aromatic carbocycles. The van der Waals surface area contributed by atoms with Gasteiger partial charge in [0, 0.05) is 16.4 Å². The normalized spacial score (nSPS) is 12.3. The van der Waals surface area contributed by atoms with Crippen LogP contribution in [-0.4, -0.2) is 36.5 Å². The van der Waals surface area contributed by atoms with Crippen molar-refractivity contribution in [3.63, 3.8) is 0 Å². The third-order valence-corrected chi connectivity index (χ3v) is 4.70. The number of sulfonamides is 1. The highest BCUT2D eigenvalue weighted by atomic mass is 35.5. The Labute approximate surface area is 196 Å². The van der Waals surface area contributed by atoms with Crippen LogP contribution in [0.15, 0.2) is 59.1 Å². The molecule has 34 heavy (non-hydrogen) atoms. The van der Waals surface area contributed by atoms with Gasteiger partial charge < -0.3 is 15.8 Å². The lowest BCUT2D eigenvalue weighted by atomic mass is 10.3. The van der Waals surface area contributed by atoms with Gasteiger partial charge in [-0.25, -0.2) is 17.9 Å². The van der Waals surface area contributed by atoms with E-state index in [1.807, 2.05) is 0 Å². The molecule has 0 atom stereocenters. The summed E-state index contributed by atoms with van der Waals surface area (Å²) in [7, 11) is -3.74. The maximum Gasteiger partial charge on any atom is 0.437 e.